The lowest BCUT2D eigenvalue weighted by Gasteiger charge is -2.22. The summed E-state index contributed by atoms with van der Waals surface area (Å²) in [6.45, 7) is 7.39. The van der Waals surface area contributed by atoms with Crippen LogP contribution in [0.15, 0.2) is 35.5 Å². The van der Waals surface area contributed by atoms with Crippen LogP contribution in [-0.4, -0.2) is 31.4 Å². The predicted molar refractivity (Wildman–Crippen MR) is 97.4 cm³/mol. The minimum atomic E-state index is -3.67. The Kier molecular flexibility index (Phi) is 5.15. The van der Waals surface area contributed by atoms with E-state index in [1.165, 1.54) is 6.20 Å². The van der Waals surface area contributed by atoms with Crippen molar-refractivity contribution in [1.29, 1.82) is 0 Å². The molecule has 1 aliphatic rings. The summed E-state index contributed by atoms with van der Waals surface area (Å²) in [6.07, 6.45) is 4.74. The van der Waals surface area contributed by atoms with Crippen LogP contribution in [-0.2, 0) is 14.8 Å². The van der Waals surface area contributed by atoms with Crippen LogP contribution in [0.5, 0.6) is 0 Å². The average Bonchev–Trinajstić information content (AvgIpc) is 3.08. The number of benzene rings is 1. The maximum atomic E-state index is 12.8. The zero-order valence-electron chi connectivity index (χ0n) is 14.9. The SMILES string of the molecule is Cc1cccc(C(C)C)c1NS(=O)(=O)c1cnn(C2CCOCC2)c1. The van der Waals surface area contributed by atoms with E-state index in [-0.39, 0.29) is 16.9 Å². The van der Waals surface area contributed by atoms with Gasteiger partial charge in [-0.05, 0) is 36.8 Å². The van der Waals surface area contributed by atoms with E-state index in [1.807, 2.05) is 25.1 Å². The van der Waals surface area contributed by atoms with Crippen LogP contribution in [0.3, 0.4) is 0 Å². The standard InChI is InChI=1S/C18H25N3O3S/c1-13(2)17-6-4-5-14(3)18(17)20-25(22,23)16-11-19-21(12-16)15-7-9-24-10-8-15/h4-6,11-13,15,20H,7-10H2,1-3H3. The lowest BCUT2D eigenvalue weighted by Crippen LogP contribution is -2.20. The van der Waals surface area contributed by atoms with Crippen molar-refractivity contribution in [2.75, 3.05) is 17.9 Å². The number of hydrogen-bond acceptors (Lipinski definition) is 4. The van der Waals surface area contributed by atoms with Crippen molar-refractivity contribution < 1.29 is 13.2 Å². The second-order valence-corrected chi connectivity index (χ2v) is 8.48. The molecule has 0 saturated carbocycles. The number of anilines is 1. The Labute approximate surface area is 149 Å². The topological polar surface area (TPSA) is 73.2 Å². The van der Waals surface area contributed by atoms with Crippen LogP contribution < -0.4 is 4.72 Å². The van der Waals surface area contributed by atoms with Gasteiger partial charge in [-0.25, -0.2) is 8.42 Å². The van der Waals surface area contributed by atoms with E-state index >= 15 is 0 Å². The third-order valence-corrected chi connectivity index (χ3v) is 5.92. The van der Waals surface area contributed by atoms with Crippen LogP contribution in [0.2, 0.25) is 0 Å². The van der Waals surface area contributed by atoms with E-state index in [1.54, 1.807) is 10.9 Å². The molecular formula is C18H25N3O3S. The molecule has 0 spiro atoms. The van der Waals surface area contributed by atoms with Crippen molar-refractivity contribution >= 4 is 15.7 Å². The van der Waals surface area contributed by atoms with Gasteiger partial charge in [-0.15, -0.1) is 0 Å². The molecule has 0 radical (unpaired) electrons. The average molecular weight is 363 g/mol. The van der Waals surface area contributed by atoms with E-state index < -0.39 is 10.0 Å². The number of sulfonamides is 1. The van der Waals surface area contributed by atoms with Crippen molar-refractivity contribution in [2.45, 2.75) is 50.5 Å². The fourth-order valence-electron chi connectivity index (χ4n) is 3.11. The van der Waals surface area contributed by atoms with Crippen LogP contribution in [0.25, 0.3) is 0 Å². The zero-order valence-corrected chi connectivity index (χ0v) is 15.7. The first kappa shape index (κ1) is 17.9. The molecule has 7 heteroatoms. The molecule has 1 aromatic heterocycles. The number of aromatic nitrogens is 2. The summed E-state index contributed by atoms with van der Waals surface area (Å²) < 4.78 is 35.5. The van der Waals surface area contributed by atoms with Gasteiger partial charge in [0.2, 0.25) is 0 Å². The molecule has 3 rings (SSSR count). The number of rotatable bonds is 5. The number of nitrogens with zero attached hydrogens (tertiary/aromatic N) is 2. The summed E-state index contributed by atoms with van der Waals surface area (Å²) in [7, 11) is -3.67. The summed E-state index contributed by atoms with van der Waals surface area (Å²) in [6, 6.07) is 6.02. The number of ether oxygens (including phenoxy) is 1. The van der Waals surface area contributed by atoms with Gasteiger partial charge in [0.25, 0.3) is 10.0 Å². The number of hydrogen-bond donors (Lipinski definition) is 1. The maximum Gasteiger partial charge on any atom is 0.265 e. The van der Waals surface area contributed by atoms with Gasteiger partial charge in [0.15, 0.2) is 0 Å². The second-order valence-electron chi connectivity index (χ2n) is 6.80. The number of aryl methyl sites for hydroxylation is 1. The molecule has 136 valence electrons. The van der Waals surface area contributed by atoms with E-state index in [9.17, 15) is 8.42 Å². The highest BCUT2D eigenvalue weighted by atomic mass is 32.2. The normalized spacial score (nSPS) is 16.3. The Bertz CT molecular complexity index is 837. The van der Waals surface area contributed by atoms with Gasteiger partial charge in [0.05, 0.1) is 17.9 Å². The molecule has 0 bridgehead atoms. The molecule has 0 unspecified atom stereocenters. The largest absolute Gasteiger partial charge is 0.381 e. The molecule has 25 heavy (non-hydrogen) atoms. The van der Waals surface area contributed by atoms with Crippen molar-refractivity contribution in [1.82, 2.24) is 9.78 Å². The first-order chi connectivity index (χ1) is 11.9. The number of para-hydroxylation sites is 1. The Morgan fingerprint density at radius 1 is 1.28 bits per heavy atom. The van der Waals surface area contributed by atoms with Gasteiger partial charge < -0.3 is 4.74 Å². The predicted octanol–water partition coefficient (Wildman–Crippen LogP) is 3.47. The molecule has 0 atom stereocenters. The third-order valence-electron chi connectivity index (χ3n) is 4.62. The summed E-state index contributed by atoms with van der Waals surface area (Å²) in [4.78, 5) is 0.192. The fourth-order valence-corrected chi connectivity index (χ4v) is 4.21. The molecule has 2 heterocycles. The first-order valence-electron chi connectivity index (χ1n) is 8.62. The van der Waals surface area contributed by atoms with Crippen LogP contribution >= 0.6 is 0 Å². The highest BCUT2D eigenvalue weighted by Crippen LogP contribution is 2.30. The molecule has 1 N–H and O–H groups in total. The van der Waals surface area contributed by atoms with Gasteiger partial charge in [0, 0.05) is 19.4 Å². The zero-order chi connectivity index (χ0) is 18.0. The lowest BCUT2D eigenvalue weighted by atomic mass is 9.99. The van der Waals surface area contributed by atoms with Crippen LogP contribution in [0.4, 0.5) is 5.69 Å². The Morgan fingerprint density at radius 3 is 2.68 bits per heavy atom. The van der Waals surface area contributed by atoms with E-state index in [0.29, 0.717) is 18.9 Å². The molecule has 1 aromatic carbocycles. The highest BCUT2D eigenvalue weighted by Gasteiger charge is 2.23. The Hall–Kier alpha value is -1.86. The maximum absolute atomic E-state index is 12.8. The van der Waals surface area contributed by atoms with Crippen molar-refractivity contribution in [2.24, 2.45) is 0 Å². The quantitative estimate of drug-likeness (QED) is 0.883. The van der Waals surface area contributed by atoms with Crippen LogP contribution in [0, 0.1) is 6.92 Å². The molecule has 6 nitrogen and oxygen atoms in total. The molecule has 0 amide bonds. The van der Waals surface area contributed by atoms with Crippen molar-refractivity contribution in [3.63, 3.8) is 0 Å². The van der Waals surface area contributed by atoms with Gasteiger partial charge in [-0.3, -0.25) is 9.40 Å². The summed E-state index contributed by atoms with van der Waals surface area (Å²) in [5.74, 6) is 0.225. The third kappa shape index (κ3) is 3.88. The minimum Gasteiger partial charge on any atom is -0.381 e. The first-order valence-corrected chi connectivity index (χ1v) is 10.1. The summed E-state index contributed by atoms with van der Waals surface area (Å²) >= 11 is 0. The van der Waals surface area contributed by atoms with Gasteiger partial charge in [-0.2, -0.15) is 5.10 Å². The molecule has 1 fully saturated rings. The second kappa shape index (κ2) is 7.17. The molecular weight excluding hydrogens is 338 g/mol. The fraction of sp³-hybridized carbons (Fsp3) is 0.500. The molecule has 1 aliphatic heterocycles. The van der Waals surface area contributed by atoms with Crippen molar-refractivity contribution in [3.8, 4) is 0 Å². The van der Waals surface area contributed by atoms with E-state index in [0.717, 1.165) is 24.0 Å². The summed E-state index contributed by atoms with van der Waals surface area (Å²) in [5.41, 5.74) is 2.56. The number of nitrogens with one attached hydrogen (secondary N) is 1. The summed E-state index contributed by atoms with van der Waals surface area (Å²) in [5, 5.41) is 4.27. The molecule has 0 aliphatic carbocycles. The smallest absolute Gasteiger partial charge is 0.265 e. The van der Waals surface area contributed by atoms with Crippen LogP contribution in [0.1, 0.15) is 49.8 Å². The Morgan fingerprint density at radius 2 is 2.00 bits per heavy atom. The molecule has 1 saturated heterocycles. The highest BCUT2D eigenvalue weighted by molar-refractivity contribution is 7.92. The Balaban J connectivity index is 1.87. The van der Waals surface area contributed by atoms with Gasteiger partial charge >= 0.3 is 0 Å². The van der Waals surface area contributed by atoms with Gasteiger partial charge in [0.1, 0.15) is 4.90 Å². The van der Waals surface area contributed by atoms with Gasteiger partial charge in [-0.1, -0.05) is 32.0 Å². The van der Waals surface area contributed by atoms with E-state index in [4.69, 9.17) is 4.74 Å². The lowest BCUT2D eigenvalue weighted by molar-refractivity contribution is 0.0662. The minimum absolute atomic E-state index is 0.192. The van der Waals surface area contributed by atoms with Crippen molar-refractivity contribution in [3.05, 3.63) is 41.7 Å². The van der Waals surface area contributed by atoms with E-state index in [2.05, 4.69) is 23.7 Å². The monoisotopic (exact) mass is 363 g/mol. The molecule has 2 aromatic rings.